The Labute approximate surface area is 183 Å². The number of hydrogen-bond acceptors (Lipinski definition) is 5. The molecule has 0 N–H and O–H groups in total. The number of carbonyl (C=O) groups is 1. The summed E-state index contributed by atoms with van der Waals surface area (Å²) in [5.74, 6) is 0.795. The number of amidine groups is 1. The molecule has 2 aromatic carbocycles. The summed E-state index contributed by atoms with van der Waals surface area (Å²) in [6, 6.07) is 17.6. The quantitative estimate of drug-likeness (QED) is 0.447. The smallest absolute Gasteiger partial charge is 0.271 e. The lowest BCUT2D eigenvalue weighted by molar-refractivity contribution is -0.113. The molecule has 1 saturated heterocycles. The lowest BCUT2D eigenvalue weighted by Crippen LogP contribution is -2.29. The van der Waals surface area contributed by atoms with Gasteiger partial charge in [0.05, 0.1) is 17.2 Å². The number of rotatable bonds is 8. The van der Waals surface area contributed by atoms with Gasteiger partial charge in [-0.25, -0.2) is 0 Å². The van der Waals surface area contributed by atoms with Crippen LogP contribution in [-0.4, -0.2) is 49.3 Å². The maximum Gasteiger partial charge on any atom is 0.271 e. The molecule has 30 heavy (non-hydrogen) atoms. The van der Waals surface area contributed by atoms with Crippen molar-refractivity contribution in [2.24, 2.45) is 4.99 Å². The molecule has 1 aliphatic heterocycles. The van der Waals surface area contributed by atoms with Gasteiger partial charge in [-0.3, -0.25) is 14.7 Å². The van der Waals surface area contributed by atoms with Gasteiger partial charge in [0.2, 0.25) is 0 Å². The van der Waals surface area contributed by atoms with Crippen LogP contribution in [0, 0.1) is 0 Å². The van der Waals surface area contributed by atoms with Gasteiger partial charge < -0.3 is 9.64 Å². The molecule has 0 bridgehead atoms. The summed E-state index contributed by atoms with van der Waals surface area (Å²) in [4.78, 5) is 22.3. The van der Waals surface area contributed by atoms with Gasteiger partial charge in [-0.15, -0.1) is 0 Å². The number of thioether (sulfide) groups is 1. The molecule has 0 atom stereocenters. The number of para-hydroxylation sites is 1. The van der Waals surface area contributed by atoms with Crippen LogP contribution in [0.2, 0.25) is 0 Å². The van der Waals surface area contributed by atoms with Gasteiger partial charge in [-0.2, -0.15) is 0 Å². The van der Waals surface area contributed by atoms with E-state index < -0.39 is 0 Å². The van der Waals surface area contributed by atoms with E-state index in [4.69, 9.17) is 4.74 Å². The number of aliphatic imine (C=N–C) groups is 1. The molecule has 5 nitrogen and oxygen atoms in total. The zero-order valence-electron chi connectivity index (χ0n) is 18.0. The van der Waals surface area contributed by atoms with E-state index in [9.17, 15) is 4.79 Å². The number of carbonyl (C=O) groups excluding carboxylic acids is 1. The van der Waals surface area contributed by atoms with E-state index in [1.165, 1.54) is 11.8 Å². The number of amides is 1. The van der Waals surface area contributed by atoms with Crippen molar-refractivity contribution in [3.63, 3.8) is 0 Å². The highest BCUT2D eigenvalue weighted by molar-refractivity contribution is 8.19. The van der Waals surface area contributed by atoms with Crippen LogP contribution in [-0.2, 0) is 4.79 Å². The third-order valence-corrected chi connectivity index (χ3v) is 5.37. The molecule has 1 heterocycles. The fourth-order valence-electron chi connectivity index (χ4n) is 2.97. The average molecular weight is 424 g/mol. The summed E-state index contributed by atoms with van der Waals surface area (Å²) in [6.45, 7) is 5.72. The van der Waals surface area contributed by atoms with E-state index in [-0.39, 0.29) is 11.9 Å². The number of benzene rings is 2. The fourth-order valence-corrected chi connectivity index (χ4v) is 4.08. The average Bonchev–Trinajstić information content (AvgIpc) is 3.01. The Kier molecular flexibility index (Phi) is 7.71. The van der Waals surface area contributed by atoms with Gasteiger partial charge >= 0.3 is 0 Å². The van der Waals surface area contributed by atoms with Gasteiger partial charge in [0, 0.05) is 12.6 Å². The van der Waals surface area contributed by atoms with Crippen molar-refractivity contribution >= 4 is 34.6 Å². The van der Waals surface area contributed by atoms with Gasteiger partial charge in [-0.1, -0.05) is 30.3 Å². The van der Waals surface area contributed by atoms with Crippen LogP contribution in [0.1, 0.15) is 25.8 Å². The van der Waals surface area contributed by atoms with E-state index in [0.717, 1.165) is 30.0 Å². The summed E-state index contributed by atoms with van der Waals surface area (Å²) < 4.78 is 5.79. The highest BCUT2D eigenvalue weighted by Crippen LogP contribution is 2.36. The molecule has 1 aliphatic rings. The molecule has 0 saturated carbocycles. The molecular formula is C24H29N3O2S. The molecule has 2 aromatic rings. The second-order valence-corrected chi connectivity index (χ2v) is 8.68. The molecule has 6 heteroatoms. The second kappa shape index (κ2) is 10.5. The molecule has 0 unspecified atom stereocenters. The van der Waals surface area contributed by atoms with Gasteiger partial charge in [0.25, 0.3) is 5.91 Å². The summed E-state index contributed by atoms with van der Waals surface area (Å²) >= 11 is 1.42. The van der Waals surface area contributed by atoms with Crippen LogP contribution < -0.4 is 9.64 Å². The first-order chi connectivity index (χ1) is 14.4. The Morgan fingerprint density at radius 3 is 2.43 bits per heavy atom. The number of hydrogen-bond donors (Lipinski definition) is 0. The fraction of sp³-hybridized carbons (Fsp3) is 0.333. The summed E-state index contributed by atoms with van der Waals surface area (Å²) in [7, 11) is 4.11. The van der Waals surface area contributed by atoms with Crippen LogP contribution in [0.25, 0.3) is 6.08 Å². The molecule has 1 fully saturated rings. The van der Waals surface area contributed by atoms with Crippen LogP contribution in [0.4, 0.5) is 5.69 Å². The normalized spacial score (nSPS) is 17.0. The Morgan fingerprint density at radius 2 is 1.80 bits per heavy atom. The zero-order chi connectivity index (χ0) is 21.5. The lowest BCUT2D eigenvalue weighted by atomic mass is 10.2. The van der Waals surface area contributed by atoms with E-state index >= 15 is 0 Å². The minimum absolute atomic E-state index is 0.0467. The maximum atomic E-state index is 13.1. The Morgan fingerprint density at radius 1 is 1.10 bits per heavy atom. The molecule has 158 valence electrons. The van der Waals surface area contributed by atoms with E-state index in [1.54, 1.807) is 4.90 Å². The highest BCUT2D eigenvalue weighted by Gasteiger charge is 2.34. The molecule has 3 rings (SSSR count). The summed E-state index contributed by atoms with van der Waals surface area (Å²) in [5.41, 5.74) is 1.80. The summed E-state index contributed by atoms with van der Waals surface area (Å²) in [6.07, 6.45) is 2.90. The Balaban J connectivity index is 1.74. The van der Waals surface area contributed by atoms with E-state index in [2.05, 4.69) is 24.0 Å². The van der Waals surface area contributed by atoms with Crippen molar-refractivity contribution < 1.29 is 9.53 Å². The first kappa shape index (κ1) is 22.1. The lowest BCUT2D eigenvalue weighted by Gasteiger charge is -2.16. The van der Waals surface area contributed by atoms with Crippen molar-refractivity contribution in [2.75, 3.05) is 32.1 Å². The first-order valence-electron chi connectivity index (χ1n) is 10.2. The van der Waals surface area contributed by atoms with Crippen molar-refractivity contribution in [1.29, 1.82) is 0 Å². The predicted molar refractivity (Wildman–Crippen MR) is 127 cm³/mol. The predicted octanol–water partition coefficient (Wildman–Crippen LogP) is 4.90. The molecule has 0 aliphatic carbocycles. The van der Waals surface area contributed by atoms with Crippen LogP contribution in [0.15, 0.2) is 64.5 Å². The van der Waals surface area contributed by atoms with Crippen LogP contribution in [0.5, 0.6) is 5.75 Å². The number of ether oxygens (including phenoxy) is 1. The Bertz CT molecular complexity index is 906. The van der Waals surface area contributed by atoms with Gasteiger partial charge in [0.15, 0.2) is 5.17 Å². The van der Waals surface area contributed by atoms with E-state index in [0.29, 0.717) is 16.7 Å². The van der Waals surface area contributed by atoms with Crippen molar-refractivity contribution in [3.8, 4) is 5.75 Å². The topological polar surface area (TPSA) is 45.1 Å². The maximum absolute atomic E-state index is 13.1. The minimum Gasteiger partial charge on any atom is -0.494 e. The molecule has 0 radical (unpaired) electrons. The van der Waals surface area contributed by atoms with Gasteiger partial charge in [-0.05, 0) is 82.0 Å². The number of anilines is 1. The van der Waals surface area contributed by atoms with Crippen molar-refractivity contribution in [2.45, 2.75) is 26.3 Å². The standard InChI is InChI=1S/C24H29N3O2S/c1-18(2)25-24-27(20-9-6-5-7-10-20)23(28)22(30-24)17-19-11-13-21(14-12-19)29-16-8-15-26(3)4/h5-7,9-14,17-18H,8,15-16H2,1-4H3/b22-17-,25-24?. The molecule has 0 aromatic heterocycles. The van der Waals surface area contributed by atoms with E-state index in [1.807, 2.05) is 74.5 Å². The highest BCUT2D eigenvalue weighted by atomic mass is 32.2. The van der Waals surface area contributed by atoms with Crippen LogP contribution >= 0.6 is 11.8 Å². The van der Waals surface area contributed by atoms with Crippen molar-refractivity contribution in [1.82, 2.24) is 4.90 Å². The molecule has 0 spiro atoms. The molecule has 1 amide bonds. The second-order valence-electron chi connectivity index (χ2n) is 7.67. The zero-order valence-corrected chi connectivity index (χ0v) is 18.9. The number of nitrogens with zero attached hydrogens (tertiary/aromatic N) is 3. The third kappa shape index (κ3) is 5.97. The third-order valence-electron chi connectivity index (χ3n) is 4.39. The van der Waals surface area contributed by atoms with Crippen molar-refractivity contribution in [3.05, 3.63) is 65.1 Å². The monoisotopic (exact) mass is 423 g/mol. The Hall–Kier alpha value is -2.57. The van der Waals surface area contributed by atoms with Crippen LogP contribution in [0.3, 0.4) is 0 Å². The largest absolute Gasteiger partial charge is 0.494 e. The SMILES string of the molecule is CC(C)N=C1S/C(=C\c2ccc(OCCCN(C)C)cc2)C(=O)N1c1ccccc1. The van der Waals surface area contributed by atoms with Gasteiger partial charge in [0.1, 0.15) is 5.75 Å². The summed E-state index contributed by atoms with van der Waals surface area (Å²) in [5, 5.41) is 0.716. The first-order valence-corrected chi connectivity index (χ1v) is 11.0. The molecular weight excluding hydrogens is 394 g/mol. The minimum atomic E-state index is -0.0467.